The lowest BCUT2D eigenvalue weighted by atomic mass is 9.78. The van der Waals surface area contributed by atoms with Crippen LogP contribution in [0.15, 0.2) is 23.1 Å². The highest BCUT2D eigenvalue weighted by Crippen LogP contribution is 2.50. The minimum atomic E-state index is -3.70. The summed E-state index contributed by atoms with van der Waals surface area (Å²) < 4.78 is 46.9. The number of sulfonamides is 1. The molecule has 0 aromatic heterocycles. The molecule has 0 radical (unpaired) electrons. The Kier molecular flexibility index (Phi) is 5.08. The molecule has 1 heterocycles. The maximum atomic E-state index is 13.1. The van der Waals surface area contributed by atoms with Gasteiger partial charge in [0, 0.05) is 18.2 Å². The van der Waals surface area contributed by atoms with Crippen molar-refractivity contribution < 1.29 is 22.5 Å². The topological polar surface area (TPSA) is 73.9 Å². The first-order chi connectivity index (χ1) is 12.6. The first-order valence-electron chi connectivity index (χ1n) is 9.72. The van der Waals surface area contributed by atoms with Crippen molar-refractivity contribution in [2.75, 3.05) is 7.11 Å². The lowest BCUT2D eigenvalue weighted by molar-refractivity contribution is 0.00578. The van der Waals surface area contributed by atoms with Crippen molar-refractivity contribution in [3.63, 3.8) is 0 Å². The number of benzene rings is 1. The highest BCUT2D eigenvalue weighted by atomic mass is 32.2. The lowest BCUT2D eigenvalue weighted by Gasteiger charge is -2.32. The normalized spacial score (nSPS) is 23.1. The van der Waals surface area contributed by atoms with Crippen LogP contribution in [0.4, 0.5) is 0 Å². The van der Waals surface area contributed by atoms with Crippen LogP contribution < -0.4 is 10.2 Å². The summed E-state index contributed by atoms with van der Waals surface area (Å²) in [5, 5.41) is 0. The van der Waals surface area contributed by atoms with Gasteiger partial charge in [0.05, 0.1) is 21.7 Å². The Morgan fingerprint density at radius 1 is 1.07 bits per heavy atom. The van der Waals surface area contributed by atoms with Crippen LogP contribution >= 0.6 is 0 Å². The summed E-state index contributed by atoms with van der Waals surface area (Å²) in [6.07, 6.45) is 1.57. The maximum Gasteiger partial charge on any atom is 0.494 e. The van der Waals surface area contributed by atoms with E-state index in [0.29, 0.717) is 5.56 Å². The Morgan fingerprint density at radius 2 is 1.61 bits per heavy atom. The quantitative estimate of drug-likeness (QED) is 0.757. The molecule has 0 spiro atoms. The Labute approximate surface area is 169 Å². The van der Waals surface area contributed by atoms with Gasteiger partial charge in [0.2, 0.25) is 10.0 Å². The zero-order valence-corrected chi connectivity index (χ0v) is 19.0. The van der Waals surface area contributed by atoms with E-state index in [-0.39, 0.29) is 4.90 Å². The SMILES string of the molecule is COC1(c2cc(B3OC(C)(C)C(C)(C)O3)ccc2S(=O)(=O)NC(C)(C)C)CC1. The fourth-order valence-corrected chi connectivity index (χ4v) is 5.12. The van der Waals surface area contributed by atoms with Crippen LogP contribution in [0.25, 0.3) is 0 Å². The highest BCUT2D eigenvalue weighted by molar-refractivity contribution is 7.89. The van der Waals surface area contributed by atoms with Crippen LogP contribution in [-0.4, -0.2) is 39.4 Å². The molecule has 2 fully saturated rings. The summed E-state index contributed by atoms with van der Waals surface area (Å²) in [4.78, 5) is 0.252. The van der Waals surface area contributed by atoms with Crippen molar-refractivity contribution in [2.24, 2.45) is 0 Å². The van der Waals surface area contributed by atoms with Gasteiger partial charge in [0.25, 0.3) is 0 Å². The third-order valence-electron chi connectivity index (χ3n) is 5.84. The van der Waals surface area contributed by atoms with Gasteiger partial charge in [-0.3, -0.25) is 0 Å². The lowest BCUT2D eigenvalue weighted by Crippen LogP contribution is -2.42. The molecule has 0 atom stereocenters. The average molecular weight is 409 g/mol. The fourth-order valence-electron chi connectivity index (χ4n) is 3.42. The maximum absolute atomic E-state index is 13.1. The van der Waals surface area contributed by atoms with E-state index >= 15 is 0 Å². The molecule has 1 aliphatic heterocycles. The predicted octanol–water partition coefficient (Wildman–Crippen LogP) is 2.70. The Bertz CT molecular complexity index is 853. The zero-order valence-electron chi connectivity index (χ0n) is 18.2. The van der Waals surface area contributed by atoms with Gasteiger partial charge in [-0.2, -0.15) is 0 Å². The Balaban J connectivity index is 2.06. The number of rotatable bonds is 5. The van der Waals surface area contributed by atoms with Gasteiger partial charge in [-0.05, 0) is 72.8 Å². The van der Waals surface area contributed by atoms with Crippen molar-refractivity contribution in [3.05, 3.63) is 23.8 Å². The van der Waals surface area contributed by atoms with E-state index in [1.165, 1.54) is 0 Å². The molecular formula is C20H32BNO5S. The van der Waals surface area contributed by atoms with Crippen molar-refractivity contribution >= 4 is 22.6 Å². The van der Waals surface area contributed by atoms with E-state index in [4.69, 9.17) is 14.0 Å². The Morgan fingerprint density at radius 3 is 2.04 bits per heavy atom. The van der Waals surface area contributed by atoms with Crippen LogP contribution in [0.2, 0.25) is 0 Å². The zero-order chi connectivity index (χ0) is 21.2. The molecule has 1 aromatic carbocycles. The molecule has 1 aliphatic carbocycles. The van der Waals surface area contributed by atoms with E-state index < -0.39 is 39.5 Å². The second-order valence-electron chi connectivity index (χ2n) is 9.90. The monoisotopic (exact) mass is 409 g/mol. The smallest absolute Gasteiger partial charge is 0.399 e. The Hall–Kier alpha value is -0.925. The third-order valence-corrected chi connectivity index (χ3v) is 7.66. The number of methoxy groups -OCH3 is 1. The molecule has 1 aromatic rings. The van der Waals surface area contributed by atoms with E-state index in [9.17, 15) is 8.42 Å². The van der Waals surface area contributed by atoms with Crippen molar-refractivity contribution in [1.82, 2.24) is 4.72 Å². The molecule has 8 heteroatoms. The summed E-state index contributed by atoms with van der Waals surface area (Å²) in [6.45, 7) is 13.5. The molecule has 156 valence electrons. The van der Waals surface area contributed by atoms with E-state index in [1.807, 2.05) is 54.5 Å². The van der Waals surface area contributed by atoms with Crippen LogP contribution in [0.3, 0.4) is 0 Å². The molecule has 1 saturated carbocycles. The van der Waals surface area contributed by atoms with E-state index in [2.05, 4.69) is 4.72 Å². The van der Waals surface area contributed by atoms with Crippen molar-refractivity contribution in [2.45, 2.75) is 88.5 Å². The third kappa shape index (κ3) is 3.90. The van der Waals surface area contributed by atoms with Crippen LogP contribution in [0, 0.1) is 0 Å². The van der Waals surface area contributed by atoms with Gasteiger partial charge in [0.1, 0.15) is 0 Å². The minimum absolute atomic E-state index is 0.252. The van der Waals surface area contributed by atoms with E-state index in [0.717, 1.165) is 18.3 Å². The van der Waals surface area contributed by atoms with Crippen molar-refractivity contribution in [1.29, 1.82) is 0 Å². The molecule has 6 nitrogen and oxygen atoms in total. The van der Waals surface area contributed by atoms with Gasteiger partial charge in [-0.1, -0.05) is 12.1 Å². The van der Waals surface area contributed by atoms with Crippen molar-refractivity contribution in [3.8, 4) is 0 Å². The summed E-state index contributed by atoms with van der Waals surface area (Å²) >= 11 is 0. The average Bonchev–Trinajstić information content (AvgIpc) is 3.28. The summed E-state index contributed by atoms with van der Waals surface area (Å²) in [6, 6.07) is 5.29. The summed E-state index contributed by atoms with van der Waals surface area (Å²) in [5.74, 6) is 0. The largest absolute Gasteiger partial charge is 0.494 e. The molecule has 0 bridgehead atoms. The van der Waals surface area contributed by atoms with Gasteiger partial charge in [0.15, 0.2) is 0 Å². The summed E-state index contributed by atoms with van der Waals surface area (Å²) in [5.41, 5.74) is -0.610. The van der Waals surface area contributed by atoms with Gasteiger partial charge >= 0.3 is 7.12 Å². The second-order valence-corrected chi connectivity index (χ2v) is 11.5. The van der Waals surface area contributed by atoms with Crippen LogP contribution in [0.1, 0.15) is 66.9 Å². The molecule has 1 saturated heterocycles. The molecule has 1 N–H and O–H groups in total. The fraction of sp³-hybridized carbons (Fsp3) is 0.700. The first-order valence-corrected chi connectivity index (χ1v) is 11.2. The standard InChI is InChI=1S/C20H32BNO5S/c1-17(2,3)22-28(23,24)16-10-9-14(13-15(16)20(25-8)11-12-20)21-26-18(4,5)19(6,7)27-21/h9-10,13,22H,11-12H2,1-8H3. The highest BCUT2D eigenvalue weighted by Gasteiger charge is 2.53. The van der Waals surface area contributed by atoms with Gasteiger partial charge < -0.3 is 14.0 Å². The van der Waals surface area contributed by atoms with Gasteiger partial charge in [-0.15, -0.1) is 0 Å². The molecule has 0 unspecified atom stereocenters. The van der Waals surface area contributed by atoms with Crippen LogP contribution in [-0.2, 0) is 29.7 Å². The van der Waals surface area contributed by atoms with Crippen LogP contribution in [0.5, 0.6) is 0 Å². The first kappa shape index (κ1) is 21.8. The number of ether oxygens (including phenoxy) is 1. The van der Waals surface area contributed by atoms with E-state index in [1.54, 1.807) is 19.2 Å². The molecule has 2 aliphatic rings. The molecular weight excluding hydrogens is 377 g/mol. The molecule has 0 amide bonds. The number of nitrogens with one attached hydrogen (secondary N) is 1. The second kappa shape index (κ2) is 6.54. The number of hydrogen-bond acceptors (Lipinski definition) is 5. The predicted molar refractivity (Wildman–Crippen MR) is 110 cm³/mol. The van der Waals surface area contributed by atoms with Gasteiger partial charge in [-0.25, -0.2) is 13.1 Å². The molecule has 3 rings (SSSR count). The number of hydrogen-bond donors (Lipinski definition) is 1. The summed E-state index contributed by atoms with van der Waals surface area (Å²) in [7, 11) is -2.62. The molecule has 28 heavy (non-hydrogen) atoms. The minimum Gasteiger partial charge on any atom is -0.399 e.